The fraction of sp³-hybridized carbons (Fsp3) is 0.308. The molecule has 5 heteroatoms. The Labute approximate surface area is 104 Å². The van der Waals surface area contributed by atoms with E-state index in [1.165, 1.54) is 0 Å². The van der Waals surface area contributed by atoms with Gasteiger partial charge in [0, 0.05) is 12.7 Å². The van der Waals surface area contributed by atoms with E-state index in [1.54, 1.807) is 24.9 Å². The van der Waals surface area contributed by atoms with Gasteiger partial charge in [-0.25, -0.2) is 0 Å². The lowest BCUT2D eigenvalue weighted by atomic mass is 10.2. The van der Waals surface area contributed by atoms with Crippen LogP contribution in [0.3, 0.4) is 0 Å². The highest BCUT2D eigenvalue weighted by atomic mass is 16.5. The molecule has 1 aliphatic rings. The van der Waals surface area contributed by atoms with E-state index in [4.69, 9.17) is 4.52 Å². The number of carbonyl (C=O) groups is 1. The van der Waals surface area contributed by atoms with E-state index in [1.807, 2.05) is 12.1 Å². The van der Waals surface area contributed by atoms with Gasteiger partial charge < -0.3 is 9.42 Å². The van der Waals surface area contributed by atoms with E-state index >= 15 is 0 Å². The zero-order chi connectivity index (χ0) is 12.7. The molecule has 3 heterocycles. The van der Waals surface area contributed by atoms with E-state index in [2.05, 4.69) is 10.1 Å². The van der Waals surface area contributed by atoms with Crippen molar-refractivity contribution in [2.24, 2.45) is 0 Å². The molecule has 0 aromatic carbocycles. The lowest BCUT2D eigenvalue weighted by molar-refractivity contribution is 0.0748. The number of fused-ring (bicyclic) bond motifs is 1. The summed E-state index contributed by atoms with van der Waals surface area (Å²) in [7, 11) is 0. The second kappa shape index (κ2) is 3.94. The molecule has 0 radical (unpaired) electrons. The van der Waals surface area contributed by atoms with E-state index in [0.29, 0.717) is 30.1 Å². The maximum Gasteiger partial charge on any atom is 0.260 e. The summed E-state index contributed by atoms with van der Waals surface area (Å²) in [6.45, 7) is 4.70. The van der Waals surface area contributed by atoms with Crippen LogP contribution in [-0.2, 0) is 13.1 Å². The van der Waals surface area contributed by atoms with Gasteiger partial charge in [-0.15, -0.1) is 0 Å². The van der Waals surface area contributed by atoms with Crippen molar-refractivity contribution in [2.45, 2.75) is 26.9 Å². The normalized spacial score (nSPS) is 13.8. The first-order chi connectivity index (χ1) is 8.66. The first kappa shape index (κ1) is 11.0. The van der Waals surface area contributed by atoms with Gasteiger partial charge in [0.2, 0.25) is 0 Å². The van der Waals surface area contributed by atoms with Crippen LogP contribution < -0.4 is 0 Å². The third-order valence-electron chi connectivity index (χ3n) is 3.22. The van der Waals surface area contributed by atoms with Crippen LogP contribution in [0.4, 0.5) is 0 Å². The molecule has 0 saturated carbocycles. The molecular weight excluding hydrogens is 230 g/mol. The van der Waals surface area contributed by atoms with Crippen LogP contribution in [0.2, 0.25) is 0 Å². The van der Waals surface area contributed by atoms with Crippen molar-refractivity contribution >= 4 is 5.91 Å². The Morgan fingerprint density at radius 2 is 2.22 bits per heavy atom. The number of nitrogens with zero attached hydrogens (tertiary/aromatic N) is 3. The van der Waals surface area contributed by atoms with Crippen molar-refractivity contribution in [3.8, 4) is 0 Å². The summed E-state index contributed by atoms with van der Waals surface area (Å²) in [4.78, 5) is 18.5. The topological polar surface area (TPSA) is 59.2 Å². The number of pyridine rings is 1. The zero-order valence-corrected chi connectivity index (χ0v) is 10.3. The third-order valence-corrected chi connectivity index (χ3v) is 3.22. The minimum absolute atomic E-state index is 0.0377. The molecule has 3 rings (SSSR count). The number of aromatic nitrogens is 2. The number of hydrogen-bond acceptors (Lipinski definition) is 4. The quantitative estimate of drug-likeness (QED) is 0.766. The number of carbonyl (C=O) groups excluding carboxylic acids is 1. The monoisotopic (exact) mass is 243 g/mol. The second-order valence-electron chi connectivity index (χ2n) is 4.47. The molecule has 0 unspecified atom stereocenters. The molecule has 0 aliphatic carbocycles. The van der Waals surface area contributed by atoms with Crippen LogP contribution in [0.15, 0.2) is 22.9 Å². The van der Waals surface area contributed by atoms with Crippen molar-refractivity contribution in [2.75, 3.05) is 0 Å². The standard InChI is InChI=1S/C13H13N3O2/c1-8-12(9(2)18-15-8)13(17)16-6-10-4-3-5-14-11(10)7-16/h3-5H,6-7H2,1-2H3. The largest absolute Gasteiger partial charge is 0.361 e. The molecule has 18 heavy (non-hydrogen) atoms. The molecule has 0 atom stereocenters. The van der Waals surface area contributed by atoms with Crippen LogP contribution in [0.25, 0.3) is 0 Å². The first-order valence-corrected chi connectivity index (χ1v) is 5.81. The van der Waals surface area contributed by atoms with E-state index in [0.717, 1.165) is 11.3 Å². The van der Waals surface area contributed by atoms with Crippen molar-refractivity contribution in [1.29, 1.82) is 0 Å². The Kier molecular flexibility index (Phi) is 2.40. The van der Waals surface area contributed by atoms with Gasteiger partial charge in [0.15, 0.2) is 0 Å². The maximum atomic E-state index is 12.4. The fourth-order valence-electron chi connectivity index (χ4n) is 2.29. The molecule has 1 amide bonds. The maximum absolute atomic E-state index is 12.4. The molecule has 2 aromatic rings. The summed E-state index contributed by atoms with van der Waals surface area (Å²) >= 11 is 0. The highest BCUT2D eigenvalue weighted by molar-refractivity contribution is 5.96. The van der Waals surface area contributed by atoms with Gasteiger partial charge in [0.05, 0.1) is 17.9 Å². The van der Waals surface area contributed by atoms with Gasteiger partial charge in [-0.2, -0.15) is 0 Å². The molecule has 2 aromatic heterocycles. The lowest BCUT2D eigenvalue weighted by Crippen LogP contribution is -2.26. The summed E-state index contributed by atoms with van der Waals surface area (Å²) in [5.41, 5.74) is 3.29. The smallest absolute Gasteiger partial charge is 0.260 e. The van der Waals surface area contributed by atoms with Crippen LogP contribution in [0.5, 0.6) is 0 Å². The van der Waals surface area contributed by atoms with Crippen molar-refractivity contribution < 1.29 is 9.32 Å². The molecule has 92 valence electrons. The summed E-state index contributed by atoms with van der Waals surface area (Å²) in [5, 5.41) is 3.82. The van der Waals surface area contributed by atoms with Crippen LogP contribution >= 0.6 is 0 Å². The predicted molar refractivity (Wildman–Crippen MR) is 63.8 cm³/mol. The summed E-state index contributed by atoms with van der Waals surface area (Å²) in [6.07, 6.45) is 1.75. The van der Waals surface area contributed by atoms with Crippen LogP contribution in [0.1, 0.15) is 33.1 Å². The molecule has 0 fully saturated rings. The van der Waals surface area contributed by atoms with E-state index in [9.17, 15) is 4.79 Å². The molecule has 0 spiro atoms. The summed E-state index contributed by atoms with van der Waals surface area (Å²) < 4.78 is 5.04. The Balaban J connectivity index is 1.89. The van der Waals surface area contributed by atoms with Gasteiger partial charge >= 0.3 is 0 Å². The third kappa shape index (κ3) is 1.59. The van der Waals surface area contributed by atoms with Gasteiger partial charge in [-0.1, -0.05) is 11.2 Å². The minimum atomic E-state index is -0.0377. The molecule has 0 N–H and O–H groups in total. The fourth-order valence-corrected chi connectivity index (χ4v) is 2.29. The molecule has 0 saturated heterocycles. The summed E-state index contributed by atoms with van der Waals surface area (Å²) in [5.74, 6) is 0.533. The van der Waals surface area contributed by atoms with Gasteiger partial charge in [-0.05, 0) is 25.5 Å². The lowest BCUT2D eigenvalue weighted by Gasteiger charge is -2.14. The summed E-state index contributed by atoms with van der Waals surface area (Å²) in [6, 6.07) is 3.89. The highest BCUT2D eigenvalue weighted by Gasteiger charge is 2.28. The number of hydrogen-bond donors (Lipinski definition) is 0. The van der Waals surface area contributed by atoms with Gasteiger partial charge in [0.25, 0.3) is 5.91 Å². The Hall–Kier alpha value is -2.17. The average Bonchev–Trinajstić information content (AvgIpc) is 2.92. The Morgan fingerprint density at radius 1 is 1.39 bits per heavy atom. The Morgan fingerprint density at radius 3 is 2.89 bits per heavy atom. The van der Waals surface area contributed by atoms with Crippen molar-refractivity contribution in [3.05, 3.63) is 46.6 Å². The van der Waals surface area contributed by atoms with Crippen molar-refractivity contribution in [3.63, 3.8) is 0 Å². The number of amides is 1. The predicted octanol–water partition coefficient (Wildman–Crippen LogP) is 1.84. The number of aryl methyl sites for hydroxylation is 2. The average molecular weight is 243 g/mol. The highest BCUT2D eigenvalue weighted by Crippen LogP contribution is 2.24. The Bertz CT molecular complexity index is 574. The number of rotatable bonds is 1. The second-order valence-corrected chi connectivity index (χ2v) is 4.47. The van der Waals surface area contributed by atoms with Gasteiger partial charge in [-0.3, -0.25) is 9.78 Å². The molecule has 1 aliphatic heterocycles. The van der Waals surface area contributed by atoms with Gasteiger partial charge in [0.1, 0.15) is 11.3 Å². The van der Waals surface area contributed by atoms with E-state index in [-0.39, 0.29) is 5.91 Å². The first-order valence-electron chi connectivity index (χ1n) is 5.81. The minimum Gasteiger partial charge on any atom is -0.361 e. The van der Waals surface area contributed by atoms with Crippen molar-refractivity contribution in [1.82, 2.24) is 15.0 Å². The molecule has 5 nitrogen and oxygen atoms in total. The van der Waals surface area contributed by atoms with Crippen LogP contribution in [0, 0.1) is 13.8 Å². The van der Waals surface area contributed by atoms with Crippen LogP contribution in [-0.4, -0.2) is 20.9 Å². The van der Waals surface area contributed by atoms with E-state index < -0.39 is 0 Å². The SMILES string of the molecule is Cc1noc(C)c1C(=O)N1Cc2cccnc2C1. The zero-order valence-electron chi connectivity index (χ0n) is 10.3. The molecular formula is C13H13N3O2. The molecule has 0 bridgehead atoms.